The number of nitrogens with zero attached hydrogens (tertiary/aromatic N) is 2. The van der Waals surface area contributed by atoms with E-state index in [9.17, 15) is 4.21 Å². The summed E-state index contributed by atoms with van der Waals surface area (Å²) in [7, 11) is -0.752. The lowest BCUT2D eigenvalue weighted by Crippen LogP contribution is -2.09. The number of anilines is 2. The molecule has 6 heteroatoms. The standard InChI is InChI=1S/C12H16N4OS/c1-18(17)8-4-7-14-11-9-5-2-3-6-10(9)15-12(13)16-11/h2-3,5-6H,4,7-8H2,1H3,(H3,13,14,15,16). The topological polar surface area (TPSA) is 80.9 Å². The van der Waals surface area contributed by atoms with Crippen LogP contribution in [0.15, 0.2) is 24.3 Å². The van der Waals surface area contributed by atoms with Gasteiger partial charge in [0.1, 0.15) is 5.82 Å². The molecule has 0 saturated heterocycles. The minimum Gasteiger partial charge on any atom is -0.369 e. The second kappa shape index (κ2) is 5.77. The summed E-state index contributed by atoms with van der Waals surface area (Å²) in [5.74, 6) is 1.68. The monoisotopic (exact) mass is 264 g/mol. The van der Waals surface area contributed by atoms with E-state index >= 15 is 0 Å². The molecular formula is C12H16N4OS. The van der Waals surface area contributed by atoms with Crippen LogP contribution in [-0.4, -0.2) is 32.7 Å². The highest BCUT2D eigenvalue weighted by molar-refractivity contribution is 7.84. The molecule has 3 N–H and O–H groups in total. The van der Waals surface area contributed by atoms with Crippen LogP contribution in [0.2, 0.25) is 0 Å². The SMILES string of the molecule is CS(=O)CCCNc1nc(N)nc2ccccc12. The number of hydrogen-bond donors (Lipinski definition) is 2. The molecule has 0 aliphatic heterocycles. The van der Waals surface area contributed by atoms with Crippen LogP contribution in [0, 0.1) is 0 Å². The molecule has 96 valence electrons. The predicted octanol–water partition coefficient (Wildman–Crippen LogP) is 1.39. The van der Waals surface area contributed by atoms with Gasteiger partial charge in [-0.2, -0.15) is 4.98 Å². The van der Waals surface area contributed by atoms with Gasteiger partial charge in [-0.3, -0.25) is 4.21 Å². The van der Waals surface area contributed by atoms with E-state index in [1.165, 1.54) is 0 Å². The maximum Gasteiger partial charge on any atom is 0.222 e. The second-order valence-corrected chi connectivity index (χ2v) is 5.56. The first-order chi connectivity index (χ1) is 8.66. The minimum atomic E-state index is -0.752. The molecule has 0 saturated carbocycles. The van der Waals surface area contributed by atoms with Crippen molar-refractivity contribution in [1.82, 2.24) is 9.97 Å². The molecule has 18 heavy (non-hydrogen) atoms. The molecule has 0 spiro atoms. The van der Waals surface area contributed by atoms with Crippen molar-refractivity contribution < 1.29 is 4.21 Å². The zero-order chi connectivity index (χ0) is 13.0. The van der Waals surface area contributed by atoms with Gasteiger partial charge < -0.3 is 11.1 Å². The van der Waals surface area contributed by atoms with Crippen molar-refractivity contribution in [2.45, 2.75) is 6.42 Å². The molecule has 1 aromatic heterocycles. The summed E-state index contributed by atoms with van der Waals surface area (Å²) < 4.78 is 11.0. The second-order valence-electron chi connectivity index (χ2n) is 4.01. The Hall–Kier alpha value is -1.69. The molecule has 1 atom stereocenters. The Morgan fingerprint density at radius 2 is 2.11 bits per heavy atom. The highest BCUT2D eigenvalue weighted by Crippen LogP contribution is 2.20. The Morgan fingerprint density at radius 3 is 2.89 bits per heavy atom. The number of hydrogen-bond acceptors (Lipinski definition) is 5. The zero-order valence-corrected chi connectivity index (χ0v) is 11.0. The normalized spacial score (nSPS) is 12.5. The minimum absolute atomic E-state index is 0.260. The van der Waals surface area contributed by atoms with Gasteiger partial charge in [0.15, 0.2) is 0 Å². The lowest BCUT2D eigenvalue weighted by atomic mass is 10.2. The third-order valence-corrected chi connectivity index (χ3v) is 3.39. The summed E-state index contributed by atoms with van der Waals surface area (Å²) in [4.78, 5) is 8.37. The van der Waals surface area contributed by atoms with E-state index in [4.69, 9.17) is 5.73 Å². The molecule has 0 aliphatic rings. The summed E-state index contributed by atoms with van der Waals surface area (Å²) in [6, 6.07) is 7.71. The molecule has 0 radical (unpaired) electrons. The molecule has 1 heterocycles. The van der Waals surface area contributed by atoms with E-state index in [1.54, 1.807) is 6.26 Å². The number of benzene rings is 1. The summed E-state index contributed by atoms with van der Waals surface area (Å²) in [6.45, 7) is 0.722. The fraction of sp³-hybridized carbons (Fsp3) is 0.333. The fourth-order valence-corrected chi connectivity index (χ4v) is 2.26. The van der Waals surface area contributed by atoms with E-state index < -0.39 is 10.8 Å². The number of nitrogens with two attached hydrogens (primary N) is 1. The van der Waals surface area contributed by atoms with Crippen molar-refractivity contribution in [3.05, 3.63) is 24.3 Å². The van der Waals surface area contributed by atoms with Gasteiger partial charge in [0.2, 0.25) is 5.95 Å². The predicted molar refractivity (Wildman–Crippen MR) is 76.0 cm³/mol. The van der Waals surface area contributed by atoms with Crippen molar-refractivity contribution in [3.8, 4) is 0 Å². The molecule has 0 bridgehead atoms. The fourth-order valence-electron chi connectivity index (χ4n) is 1.71. The van der Waals surface area contributed by atoms with E-state index in [2.05, 4.69) is 15.3 Å². The van der Waals surface area contributed by atoms with Gasteiger partial charge in [-0.15, -0.1) is 0 Å². The van der Waals surface area contributed by atoms with Gasteiger partial charge in [-0.1, -0.05) is 12.1 Å². The summed E-state index contributed by atoms with van der Waals surface area (Å²) in [5, 5.41) is 4.17. The smallest absolute Gasteiger partial charge is 0.222 e. The van der Waals surface area contributed by atoms with Gasteiger partial charge in [-0.05, 0) is 18.6 Å². The highest BCUT2D eigenvalue weighted by atomic mass is 32.2. The Bertz CT molecular complexity index is 573. The molecule has 1 unspecified atom stereocenters. The quantitative estimate of drug-likeness (QED) is 0.798. The van der Waals surface area contributed by atoms with E-state index in [1.807, 2.05) is 24.3 Å². The largest absolute Gasteiger partial charge is 0.369 e. The van der Waals surface area contributed by atoms with Crippen LogP contribution < -0.4 is 11.1 Å². The maximum absolute atomic E-state index is 11.0. The molecule has 0 amide bonds. The summed E-state index contributed by atoms with van der Waals surface area (Å²) in [5.41, 5.74) is 6.49. The Balaban J connectivity index is 2.14. The molecule has 0 aliphatic carbocycles. The molecular weight excluding hydrogens is 248 g/mol. The lowest BCUT2D eigenvalue weighted by molar-refractivity contribution is 0.685. The molecule has 2 rings (SSSR count). The van der Waals surface area contributed by atoms with Crippen molar-refractivity contribution in [1.29, 1.82) is 0 Å². The van der Waals surface area contributed by atoms with Crippen LogP contribution in [0.4, 0.5) is 11.8 Å². The molecule has 5 nitrogen and oxygen atoms in total. The van der Waals surface area contributed by atoms with Crippen LogP contribution >= 0.6 is 0 Å². The van der Waals surface area contributed by atoms with E-state index in [-0.39, 0.29) is 5.95 Å². The summed E-state index contributed by atoms with van der Waals surface area (Å²) in [6.07, 6.45) is 2.54. The molecule has 1 aromatic carbocycles. The van der Waals surface area contributed by atoms with E-state index in [0.717, 1.165) is 29.7 Å². The van der Waals surface area contributed by atoms with Crippen LogP contribution in [0.25, 0.3) is 10.9 Å². The average molecular weight is 264 g/mol. The van der Waals surface area contributed by atoms with Crippen molar-refractivity contribution >= 4 is 33.5 Å². The Kier molecular flexibility index (Phi) is 4.09. The number of nitrogens with one attached hydrogen (secondary N) is 1. The zero-order valence-electron chi connectivity index (χ0n) is 10.2. The van der Waals surface area contributed by atoms with Gasteiger partial charge >= 0.3 is 0 Å². The van der Waals surface area contributed by atoms with Crippen LogP contribution in [0.1, 0.15) is 6.42 Å². The van der Waals surface area contributed by atoms with Crippen molar-refractivity contribution in [2.24, 2.45) is 0 Å². The van der Waals surface area contributed by atoms with Gasteiger partial charge in [-0.25, -0.2) is 4.98 Å². The first kappa shape index (κ1) is 12.8. The van der Waals surface area contributed by atoms with Gasteiger partial charge in [0, 0.05) is 34.7 Å². The third kappa shape index (κ3) is 3.16. The molecule has 0 fully saturated rings. The van der Waals surface area contributed by atoms with Crippen molar-refractivity contribution in [3.63, 3.8) is 0 Å². The van der Waals surface area contributed by atoms with Gasteiger partial charge in [0.05, 0.1) is 5.52 Å². The van der Waals surface area contributed by atoms with Crippen molar-refractivity contribution in [2.75, 3.05) is 29.6 Å². The van der Waals surface area contributed by atoms with Crippen LogP contribution in [0.5, 0.6) is 0 Å². The Labute approximate surface area is 108 Å². The van der Waals surface area contributed by atoms with Crippen LogP contribution in [0.3, 0.4) is 0 Å². The highest BCUT2D eigenvalue weighted by Gasteiger charge is 2.04. The number of aromatic nitrogens is 2. The first-order valence-electron chi connectivity index (χ1n) is 5.73. The maximum atomic E-state index is 11.0. The lowest BCUT2D eigenvalue weighted by Gasteiger charge is -2.08. The number of para-hydroxylation sites is 1. The first-order valence-corrected chi connectivity index (χ1v) is 7.45. The average Bonchev–Trinajstić information content (AvgIpc) is 2.34. The van der Waals surface area contributed by atoms with Gasteiger partial charge in [0.25, 0.3) is 0 Å². The molecule has 2 aromatic rings. The van der Waals surface area contributed by atoms with Crippen LogP contribution in [-0.2, 0) is 10.8 Å². The number of rotatable bonds is 5. The summed E-state index contributed by atoms with van der Waals surface area (Å²) >= 11 is 0. The number of nitrogen functional groups attached to an aromatic ring is 1. The Morgan fingerprint density at radius 1 is 1.33 bits per heavy atom. The number of fused-ring (bicyclic) bond motifs is 1. The van der Waals surface area contributed by atoms with E-state index in [0.29, 0.717) is 5.75 Å². The third-order valence-electron chi connectivity index (χ3n) is 2.52.